The Labute approximate surface area is 144 Å². The quantitative estimate of drug-likeness (QED) is 0.738. The average molecular weight is 348 g/mol. The predicted octanol–water partition coefficient (Wildman–Crippen LogP) is 1.73. The molecule has 0 radical (unpaired) electrons. The van der Waals surface area contributed by atoms with Crippen LogP contribution in [0.15, 0.2) is 30.5 Å². The summed E-state index contributed by atoms with van der Waals surface area (Å²) in [6.07, 6.45) is 3.14. The van der Waals surface area contributed by atoms with Crippen LogP contribution in [-0.2, 0) is 4.74 Å². The number of nitrogens with zero attached hydrogens (tertiary/aromatic N) is 1. The first kappa shape index (κ1) is 17.2. The summed E-state index contributed by atoms with van der Waals surface area (Å²) < 4.78 is 24.3. The third-order valence-electron chi connectivity index (χ3n) is 4.17. The van der Waals surface area contributed by atoms with E-state index < -0.39 is 0 Å². The van der Waals surface area contributed by atoms with E-state index >= 15 is 0 Å². The minimum Gasteiger partial charge on any atom is -0.493 e. The fourth-order valence-electron chi connectivity index (χ4n) is 2.68. The molecule has 2 unspecified atom stereocenters. The molecule has 134 valence electrons. The summed E-state index contributed by atoms with van der Waals surface area (Å²) in [7, 11) is 0. The van der Waals surface area contributed by atoms with Crippen molar-refractivity contribution in [2.75, 3.05) is 25.5 Å². The Morgan fingerprint density at radius 1 is 1.40 bits per heavy atom. The van der Waals surface area contributed by atoms with Crippen LogP contribution < -0.4 is 15.8 Å². The van der Waals surface area contributed by atoms with Gasteiger partial charge in [-0.25, -0.2) is 4.39 Å². The molecule has 25 heavy (non-hydrogen) atoms. The number of H-pyrrole nitrogens is 1. The number of rotatable bonds is 6. The molecule has 7 nitrogen and oxygen atoms in total. The van der Waals surface area contributed by atoms with Gasteiger partial charge >= 0.3 is 0 Å². The molecule has 1 aliphatic rings. The molecule has 2 atom stereocenters. The van der Waals surface area contributed by atoms with Crippen molar-refractivity contribution in [3.05, 3.63) is 41.8 Å². The van der Waals surface area contributed by atoms with Gasteiger partial charge in [-0.1, -0.05) is 0 Å². The van der Waals surface area contributed by atoms with Crippen molar-refractivity contribution in [1.82, 2.24) is 15.5 Å². The normalized spacial score (nSPS) is 20.2. The highest BCUT2D eigenvalue weighted by Gasteiger charge is 2.23. The summed E-state index contributed by atoms with van der Waals surface area (Å²) in [5, 5.41) is 9.05. The van der Waals surface area contributed by atoms with E-state index in [0.717, 1.165) is 12.8 Å². The number of hydrogen-bond acceptors (Lipinski definition) is 5. The molecule has 8 heteroatoms. The van der Waals surface area contributed by atoms with Gasteiger partial charge in [-0.2, -0.15) is 5.10 Å². The van der Waals surface area contributed by atoms with Crippen LogP contribution in [0.2, 0.25) is 0 Å². The number of anilines is 1. The summed E-state index contributed by atoms with van der Waals surface area (Å²) in [6, 6.07) is 5.97. The van der Waals surface area contributed by atoms with E-state index in [4.69, 9.17) is 15.2 Å². The Morgan fingerprint density at radius 2 is 2.20 bits per heavy atom. The van der Waals surface area contributed by atoms with Gasteiger partial charge in [-0.05, 0) is 37.1 Å². The highest BCUT2D eigenvalue weighted by molar-refractivity contribution is 5.98. The Bertz CT molecular complexity index is 696. The molecule has 3 rings (SSSR count). The molecule has 4 N–H and O–H groups in total. The lowest BCUT2D eigenvalue weighted by Gasteiger charge is -2.29. The van der Waals surface area contributed by atoms with Gasteiger partial charge in [0.1, 0.15) is 22.9 Å². The second kappa shape index (κ2) is 7.98. The lowest BCUT2D eigenvalue weighted by molar-refractivity contribution is -0.0251. The second-order valence-corrected chi connectivity index (χ2v) is 6.07. The number of benzene rings is 1. The summed E-state index contributed by atoms with van der Waals surface area (Å²) in [5.74, 6) is 0.627. The van der Waals surface area contributed by atoms with Crippen molar-refractivity contribution in [3.8, 4) is 5.75 Å². The van der Waals surface area contributed by atoms with E-state index in [2.05, 4.69) is 15.5 Å². The van der Waals surface area contributed by atoms with Gasteiger partial charge in [-0.15, -0.1) is 0 Å². The van der Waals surface area contributed by atoms with E-state index in [-0.39, 0.29) is 29.6 Å². The van der Waals surface area contributed by atoms with Crippen LogP contribution in [0.4, 0.5) is 10.2 Å². The number of carbonyl (C=O) groups excluding carboxylic acids is 1. The van der Waals surface area contributed by atoms with Crippen LogP contribution in [0.25, 0.3) is 0 Å². The Morgan fingerprint density at radius 3 is 2.84 bits per heavy atom. The van der Waals surface area contributed by atoms with Crippen molar-refractivity contribution in [2.45, 2.75) is 18.9 Å². The number of nitrogens with one attached hydrogen (secondary N) is 2. The topological polar surface area (TPSA) is 102 Å². The van der Waals surface area contributed by atoms with Crippen molar-refractivity contribution in [2.24, 2.45) is 5.92 Å². The average Bonchev–Trinajstić information content (AvgIpc) is 3.06. The highest BCUT2D eigenvalue weighted by Crippen LogP contribution is 2.21. The third kappa shape index (κ3) is 4.69. The van der Waals surface area contributed by atoms with Crippen LogP contribution >= 0.6 is 0 Å². The number of halogens is 1. The number of aromatic amines is 1. The molecule has 0 spiro atoms. The standard InChI is InChI=1S/C17H21FN4O3/c18-12-2-5-13(6-3-12)24-9-11-1-4-14(25-10-11)7-20-17(23)15-8-21-22-16(15)19/h2-3,5-6,8,11,14H,1,4,7,9-10H2,(H,20,23)(H3,19,21,22). The smallest absolute Gasteiger partial charge is 0.256 e. The maximum Gasteiger partial charge on any atom is 0.256 e. The van der Waals surface area contributed by atoms with Crippen LogP contribution in [-0.4, -0.2) is 42.0 Å². The third-order valence-corrected chi connectivity index (χ3v) is 4.17. The van der Waals surface area contributed by atoms with Gasteiger partial charge in [0.25, 0.3) is 5.91 Å². The van der Waals surface area contributed by atoms with Gasteiger partial charge in [0.15, 0.2) is 0 Å². The first-order valence-electron chi connectivity index (χ1n) is 8.19. The van der Waals surface area contributed by atoms with Crippen LogP contribution in [0.5, 0.6) is 5.75 Å². The predicted molar refractivity (Wildman–Crippen MR) is 89.7 cm³/mol. The van der Waals surface area contributed by atoms with Crippen LogP contribution in [0.1, 0.15) is 23.2 Å². The maximum atomic E-state index is 12.8. The van der Waals surface area contributed by atoms with E-state index in [0.29, 0.717) is 31.1 Å². The highest BCUT2D eigenvalue weighted by atomic mass is 19.1. The van der Waals surface area contributed by atoms with Gasteiger partial charge in [0, 0.05) is 12.5 Å². The number of carbonyl (C=O) groups is 1. The van der Waals surface area contributed by atoms with Crippen molar-refractivity contribution in [3.63, 3.8) is 0 Å². The number of ether oxygens (including phenoxy) is 2. The van der Waals surface area contributed by atoms with Crippen molar-refractivity contribution >= 4 is 11.7 Å². The first-order valence-corrected chi connectivity index (χ1v) is 8.19. The molecule has 0 saturated carbocycles. The second-order valence-electron chi connectivity index (χ2n) is 6.07. The van der Waals surface area contributed by atoms with Gasteiger partial charge < -0.3 is 20.5 Å². The van der Waals surface area contributed by atoms with Crippen molar-refractivity contribution in [1.29, 1.82) is 0 Å². The fraction of sp³-hybridized carbons (Fsp3) is 0.412. The molecule has 1 fully saturated rings. The number of amides is 1. The minimum atomic E-state index is -0.282. The Hall–Kier alpha value is -2.61. The monoisotopic (exact) mass is 348 g/mol. The summed E-state index contributed by atoms with van der Waals surface area (Å²) in [5.41, 5.74) is 5.95. The Kier molecular flexibility index (Phi) is 5.49. The van der Waals surface area contributed by atoms with Crippen molar-refractivity contribution < 1.29 is 18.7 Å². The largest absolute Gasteiger partial charge is 0.493 e. The number of aromatic nitrogens is 2. The zero-order valence-corrected chi connectivity index (χ0v) is 13.7. The van der Waals surface area contributed by atoms with Gasteiger partial charge in [0.05, 0.1) is 25.5 Å². The molecule has 2 aromatic rings. The molecule has 0 aliphatic carbocycles. The zero-order chi connectivity index (χ0) is 17.6. The van der Waals surface area contributed by atoms with E-state index in [1.54, 1.807) is 12.1 Å². The molecule has 1 aromatic heterocycles. The first-order chi connectivity index (χ1) is 12.1. The minimum absolute atomic E-state index is 0.0286. The summed E-state index contributed by atoms with van der Waals surface area (Å²) in [6.45, 7) is 1.51. The van der Waals surface area contributed by atoms with E-state index in [1.165, 1.54) is 18.3 Å². The molecule has 1 amide bonds. The molecule has 1 aliphatic heterocycles. The van der Waals surface area contributed by atoms with Crippen LogP contribution in [0, 0.1) is 11.7 Å². The molecular formula is C17H21FN4O3. The number of nitrogens with two attached hydrogens (primary N) is 1. The molecular weight excluding hydrogens is 327 g/mol. The van der Waals surface area contributed by atoms with Gasteiger partial charge in [0.2, 0.25) is 0 Å². The number of hydrogen-bond donors (Lipinski definition) is 3. The fourth-order valence-corrected chi connectivity index (χ4v) is 2.68. The van der Waals surface area contributed by atoms with E-state index in [1.807, 2.05) is 0 Å². The molecule has 0 bridgehead atoms. The van der Waals surface area contributed by atoms with Crippen LogP contribution in [0.3, 0.4) is 0 Å². The SMILES string of the molecule is Nc1[nH]ncc1C(=O)NCC1CCC(COc2ccc(F)cc2)CO1. The lowest BCUT2D eigenvalue weighted by Crippen LogP contribution is -2.38. The molecule has 1 aromatic carbocycles. The zero-order valence-electron chi connectivity index (χ0n) is 13.7. The lowest BCUT2D eigenvalue weighted by atomic mass is 9.99. The van der Waals surface area contributed by atoms with E-state index in [9.17, 15) is 9.18 Å². The molecule has 2 heterocycles. The summed E-state index contributed by atoms with van der Waals surface area (Å²) in [4.78, 5) is 12.0. The summed E-state index contributed by atoms with van der Waals surface area (Å²) >= 11 is 0. The number of nitrogen functional groups attached to an aromatic ring is 1. The Balaban J connectivity index is 1.36. The maximum absolute atomic E-state index is 12.8. The molecule has 1 saturated heterocycles. The van der Waals surface area contributed by atoms with Gasteiger partial charge in [-0.3, -0.25) is 9.89 Å².